The number of nitrogens with one attached hydrogen (secondary N) is 1. The number of amides is 2. The first-order valence-electron chi connectivity index (χ1n) is 11.7. The Bertz CT molecular complexity index is 919. The third kappa shape index (κ3) is 7.53. The van der Waals surface area contributed by atoms with E-state index >= 15 is 0 Å². The first-order valence-corrected chi connectivity index (χ1v) is 12.9. The number of carbonyl (C=O) groups is 2. The van der Waals surface area contributed by atoms with Crippen molar-refractivity contribution >= 4 is 23.6 Å². The van der Waals surface area contributed by atoms with E-state index in [1.165, 1.54) is 16.7 Å². The Morgan fingerprint density at radius 1 is 1.06 bits per heavy atom. The van der Waals surface area contributed by atoms with Crippen LogP contribution in [0.4, 0.5) is 0 Å². The fourth-order valence-corrected chi connectivity index (χ4v) is 5.24. The van der Waals surface area contributed by atoms with Gasteiger partial charge >= 0.3 is 0 Å². The highest BCUT2D eigenvalue weighted by Gasteiger charge is 2.28. The summed E-state index contributed by atoms with van der Waals surface area (Å²) in [7, 11) is 1.63. The molecule has 1 N–H and O–H groups in total. The van der Waals surface area contributed by atoms with Gasteiger partial charge in [0, 0.05) is 18.3 Å². The lowest BCUT2D eigenvalue weighted by Gasteiger charge is -2.29. The number of benzene rings is 2. The van der Waals surface area contributed by atoms with Gasteiger partial charge < -0.3 is 15.0 Å². The van der Waals surface area contributed by atoms with Crippen molar-refractivity contribution in [1.29, 1.82) is 0 Å². The molecule has 3 rings (SSSR count). The van der Waals surface area contributed by atoms with Crippen LogP contribution in [0.3, 0.4) is 0 Å². The smallest absolute Gasteiger partial charge is 0.242 e. The van der Waals surface area contributed by atoms with Crippen molar-refractivity contribution in [3.05, 3.63) is 64.7 Å². The molecule has 1 aliphatic rings. The van der Waals surface area contributed by atoms with E-state index in [1.54, 1.807) is 23.8 Å². The minimum atomic E-state index is -0.526. The van der Waals surface area contributed by atoms with E-state index < -0.39 is 6.04 Å². The maximum atomic E-state index is 13.3. The largest absolute Gasteiger partial charge is 0.497 e. The summed E-state index contributed by atoms with van der Waals surface area (Å²) in [5.74, 6) is 1.79. The number of nitrogens with zero attached hydrogens (tertiary/aromatic N) is 1. The van der Waals surface area contributed by atoms with Crippen LogP contribution in [0.1, 0.15) is 54.9 Å². The molecule has 2 aromatic rings. The minimum absolute atomic E-state index is 0.0192. The molecule has 5 nitrogen and oxygen atoms in total. The van der Waals surface area contributed by atoms with E-state index in [1.807, 2.05) is 31.2 Å². The number of rotatable bonds is 10. The van der Waals surface area contributed by atoms with E-state index in [-0.39, 0.29) is 17.9 Å². The first-order chi connectivity index (χ1) is 15.9. The molecule has 33 heavy (non-hydrogen) atoms. The Kier molecular flexibility index (Phi) is 9.24. The SMILES string of the molecule is COc1ccc(CN(C(=O)CSCc2cc(C)cc(C)c2)[C@H](C)C(=O)NC2CCCC2)cc1. The first kappa shape index (κ1) is 25.2. The molecule has 2 amide bonds. The van der Waals surface area contributed by atoms with Crippen LogP contribution in [-0.4, -0.2) is 41.7 Å². The van der Waals surface area contributed by atoms with Crippen LogP contribution in [0.5, 0.6) is 5.75 Å². The molecule has 2 aromatic carbocycles. The second kappa shape index (κ2) is 12.1. The highest BCUT2D eigenvalue weighted by molar-refractivity contribution is 7.99. The van der Waals surface area contributed by atoms with Gasteiger partial charge in [-0.15, -0.1) is 11.8 Å². The number of carbonyl (C=O) groups excluding carboxylic acids is 2. The van der Waals surface area contributed by atoms with Gasteiger partial charge in [-0.1, -0.05) is 54.3 Å². The molecule has 0 unspecified atom stereocenters. The molecule has 0 aromatic heterocycles. The summed E-state index contributed by atoms with van der Waals surface area (Å²) in [5, 5.41) is 3.15. The van der Waals surface area contributed by atoms with Crippen LogP contribution in [0.15, 0.2) is 42.5 Å². The molecular weight excluding hydrogens is 432 g/mol. The predicted molar refractivity (Wildman–Crippen MR) is 135 cm³/mol. The average molecular weight is 469 g/mol. The molecule has 1 saturated carbocycles. The van der Waals surface area contributed by atoms with Gasteiger partial charge in [0.05, 0.1) is 12.9 Å². The van der Waals surface area contributed by atoms with Crippen molar-refractivity contribution < 1.29 is 14.3 Å². The number of aryl methyl sites for hydroxylation is 2. The second-order valence-electron chi connectivity index (χ2n) is 9.02. The van der Waals surface area contributed by atoms with Crippen LogP contribution < -0.4 is 10.1 Å². The van der Waals surface area contributed by atoms with E-state index in [0.717, 1.165) is 42.7 Å². The maximum absolute atomic E-state index is 13.3. The van der Waals surface area contributed by atoms with Gasteiger partial charge in [0.25, 0.3) is 0 Å². The quantitative estimate of drug-likeness (QED) is 0.532. The van der Waals surface area contributed by atoms with Crippen molar-refractivity contribution in [3.63, 3.8) is 0 Å². The lowest BCUT2D eigenvalue weighted by atomic mass is 10.1. The molecule has 1 fully saturated rings. The van der Waals surface area contributed by atoms with E-state index in [0.29, 0.717) is 12.3 Å². The number of methoxy groups -OCH3 is 1. The average Bonchev–Trinajstić information content (AvgIpc) is 3.29. The van der Waals surface area contributed by atoms with Crippen molar-refractivity contribution in [3.8, 4) is 5.75 Å². The van der Waals surface area contributed by atoms with Crippen LogP contribution in [0.25, 0.3) is 0 Å². The van der Waals surface area contributed by atoms with Gasteiger partial charge in [-0.3, -0.25) is 9.59 Å². The molecule has 6 heteroatoms. The van der Waals surface area contributed by atoms with Crippen LogP contribution >= 0.6 is 11.8 Å². The fourth-order valence-electron chi connectivity index (χ4n) is 4.39. The molecule has 1 aliphatic carbocycles. The highest BCUT2D eigenvalue weighted by atomic mass is 32.2. The maximum Gasteiger partial charge on any atom is 0.242 e. The van der Waals surface area contributed by atoms with Crippen molar-refractivity contribution in [1.82, 2.24) is 10.2 Å². The number of hydrogen-bond donors (Lipinski definition) is 1. The number of hydrogen-bond acceptors (Lipinski definition) is 4. The third-order valence-corrected chi connectivity index (χ3v) is 7.15. The van der Waals surface area contributed by atoms with Crippen molar-refractivity contribution in [2.75, 3.05) is 12.9 Å². The van der Waals surface area contributed by atoms with Crippen LogP contribution in [-0.2, 0) is 21.9 Å². The van der Waals surface area contributed by atoms with Gasteiger partial charge in [0.15, 0.2) is 0 Å². The monoisotopic (exact) mass is 468 g/mol. The second-order valence-corrected chi connectivity index (χ2v) is 10.0. The summed E-state index contributed by atoms with van der Waals surface area (Å²) in [5.41, 5.74) is 4.66. The van der Waals surface area contributed by atoms with Crippen molar-refractivity contribution in [2.45, 2.75) is 70.8 Å². The van der Waals surface area contributed by atoms with E-state index in [9.17, 15) is 9.59 Å². The van der Waals surface area contributed by atoms with Gasteiger partial charge in [-0.25, -0.2) is 0 Å². The lowest BCUT2D eigenvalue weighted by Crippen LogP contribution is -2.50. The number of ether oxygens (including phenoxy) is 1. The highest BCUT2D eigenvalue weighted by Crippen LogP contribution is 2.21. The van der Waals surface area contributed by atoms with Gasteiger partial charge in [0.1, 0.15) is 11.8 Å². The molecule has 178 valence electrons. The predicted octanol–water partition coefficient (Wildman–Crippen LogP) is 5.02. The molecule has 0 heterocycles. The summed E-state index contributed by atoms with van der Waals surface area (Å²) in [6, 6.07) is 13.9. The fraction of sp³-hybridized carbons (Fsp3) is 0.481. The molecule has 1 atom stereocenters. The van der Waals surface area contributed by atoms with Gasteiger partial charge in [-0.05, 0) is 56.9 Å². The Morgan fingerprint density at radius 3 is 2.30 bits per heavy atom. The molecule has 0 spiro atoms. The molecule has 0 aliphatic heterocycles. The summed E-state index contributed by atoms with van der Waals surface area (Å²) >= 11 is 1.60. The summed E-state index contributed by atoms with van der Waals surface area (Å²) < 4.78 is 5.25. The van der Waals surface area contributed by atoms with Gasteiger partial charge in [-0.2, -0.15) is 0 Å². The molecule has 0 saturated heterocycles. The Balaban J connectivity index is 1.66. The third-order valence-electron chi connectivity index (χ3n) is 6.16. The lowest BCUT2D eigenvalue weighted by molar-refractivity contribution is -0.138. The summed E-state index contributed by atoms with van der Waals surface area (Å²) in [6.07, 6.45) is 4.36. The topological polar surface area (TPSA) is 58.6 Å². The zero-order valence-electron chi connectivity index (χ0n) is 20.2. The zero-order valence-corrected chi connectivity index (χ0v) is 21.0. The number of thioether (sulfide) groups is 1. The normalized spacial score (nSPS) is 14.7. The van der Waals surface area contributed by atoms with E-state index in [2.05, 4.69) is 37.4 Å². The minimum Gasteiger partial charge on any atom is -0.497 e. The Labute approximate surface area is 202 Å². The molecular formula is C27H36N2O3S. The van der Waals surface area contributed by atoms with Crippen LogP contribution in [0, 0.1) is 13.8 Å². The van der Waals surface area contributed by atoms with E-state index in [4.69, 9.17) is 4.74 Å². The molecule has 0 radical (unpaired) electrons. The zero-order chi connectivity index (χ0) is 23.8. The Hall–Kier alpha value is -2.47. The standard InChI is InChI=1S/C27H36N2O3S/c1-19-13-20(2)15-23(14-19)17-33-18-26(30)29(16-22-9-11-25(32-4)12-10-22)21(3)27(31)28-24-7-5-6-8-24/h9-15,21,24H,5-8,16-18H2,1-4H3,(H,28,31)/t21-/m1/s1. The summed E-state index contributed by atoms with van der Waals surface area (Å²) in [4.78, 5) is 28.0. The van der Waals surface area contributed by atoms with Crippen LogP contribution in [0.2, 0.25) is 0 Å². The molecule has 0 bridgehead atoms. The van der Waals surface area contributed by atoms with Gasteiger partial charge in [0.2, 0.25) is 11.8 Å². The Morgan fingerprint density at radius 2 is 1.70 bits per heavy atom. The summed E-state index contributed by atoms with van der Waals surface area (Å²) in [6.45, 7) is 6.41. The van der Waals surface area contributed by atoms with Crippen molar-refractivity contribution in [2.24, 2.45) is 0 Å².